The highest BCUT2D eigenvalue weighted by atomic mass is 35.5. The molecule has 3 aromatic carbocycles. The number of halogens is 2. The van der Waals surface area contributed by atoms with Gasteiger partial charge in [-0.1, -0.05) is 48.7 Å². The third kappa shape index (κ3) is 4.58. The Balaban J connectivity index is 1.57. The summed E-state index contributed by atoms with van der Waals surface area (Å²) in [5.41, 5.74) is 3.24. The second-order valence-corrected chi connectivity index (χ2v) is 9.23. The van der Waals surface area contributed by atoms with Gasteiger partial charge in [-0.05, 0) is 54.8 Å². The Bertz CT molecular complexity index is 1450. The Labute approximate surface area is 213 Å². The molecule has 0 bridgehead atoms. The average molecular weight is 511 g/mol. The lowest BCUT2D eigenvalue weighted by atomic mass is 9.99. The second-order valence-electron chi connectivity index (χ2n) is 8.42. The van der Waals surface area contributed by atoms with E-state index in [9.17, 15) is 4.79 Å². The molecule has 0 atom stereocenters. The fourth-order valence-electron chi connectivity index (χ4n) is 4.33. The molecule has 1 aliphatic rings. The van der Waals surface area contributed by atoms with Crippen LogP contribution in [0.4, 0.5) is 0 Å². The number of fused-ring (bicyclic) bond motifs is 2. The molecular formula is C28H24Cl2O5. The lowest BCUT2D eigenvalue weighted by molar-refractivity contribution is 0.171. The summed E-state index contributed by atoms with van der Waals surface area (Å²) in [6.45, 7) is 5.06. The Morgan fingerprint density at radius 2 is 1.71 bits per heavy atom. The van der Waals surface area contributed by atoms with Crippen molar-refractivity contribution >= 4 is 34.2 Å². The standard InChI is InChI=1S/C28H24Cl2O5/c1-3-5-17-12-19-25(14-24(17)34-15-20-21(29)6-4-7-22(20)30)35-16(2)27(28(19)31)18-8-9-23-26(13-18)33-11-10-32-23/h4,6-9,12-14H,3,5,10-11,15H2,1-2H3. The summed E-state index contributed by atoms with van der Waals surface area (Å²) in [5.74, 6) is 2.46. The smallest absolute Gasteiger partial charge is 0.200 e. The molecule has 1 aliphatic heterocycles. The number of rotatable bonds is 6. The Hall–Kier alpha value is -3.15. The van der Waals surface area contributed by atoms with Crippen LogP contribution in [-0.2, 0) is 13.0 Å². The molecular weight excluding hydrogens is 487 g/mol. The zero-order valence-corrected chi connectivity index (χ0v) is 21.0. The van der Waals surface area contributed by atoms with E-state index in [1.165, 1.54) is 0 Å². The molecule has 5 rings (SSSR count). The van der Waals surface area contributed by atoms with Crippen molar-refractivity contribution in [2.24, 2.45) is 0 Å². The first-order chi connectivity index (χ1) is 17.0. The highest BCUT2D eigenvalue weighted by molar-refractivity contribution is 6.35. The summed E-state index contributed by atoms with van der Waals surface area (Å²) in [4.78, 5) is 13.6. The molecule has 0 unspecified atom stereocenters. The predicted molar refractivity (Wildman–Crippen MR) is 138 cm³/mol. The van der Waals surface area contributed by atoms with Crippen molar-refractivity contribution < 1.29 is 18.6 Å². The molecule has 0 spiro atoms. The van der Waals surface area contributed by atoms with E-state index >= 15 is 0 Å². The van der Waals surface area contributed by atoms with Crippen LogP contribution in [0.3, 0.4) is 0 Å². The second kappa shape index (κ2) is 9.84. The van der Waals surface area contributed by atoms with Crippen LogP contribution in [-0.4, -0.2) is 13.2 Å². The average Bonchev–Trinajstić information content (AvgIpc) is 2.84. The quantitative estimate of drug-likeness (QED) is 0.270. The van der Waals surface area contributed by atoms with E-state index in [2.05, 4.69) is 6.92 Å². The minimum absolute atomic E-state index is 0.0986. The topological polar surface area (TPSA) is 57.9 Å². The molecule has 0 fully saturated rings. The molecule has 35 heavy (non-hydrogen) atoms. The first-order valence-electron chi connectivity index (χ1n) is 11.5. The highest BCUT2D eigenvalue weighted by Crippen LogP contribution is 2.36. The van der Waals surface area contributed by atoms with E-state index in [-0.39, 0.29) is 12.0 Å². The van der Waals surface area contributed by atoms with Crippen molar-refractivity contribution in [2.75, 3.05) is 13.2 Å². The van der Waals surface area contributed by atoms with Gasteiger partial charge in [-0.15, -0.1) is 0 Å². The summed E-state index contributed by atoms with van der Waals surface area (Å²) < 4.78 is 23.6. The molecule has 2 heterocycles. The van der Waals surface area contributed by atoms with Crippen LogP contribution >= 0.6 is 23.2 Å². The summed E-state index contributed by atoms with van der Waals surface area (Å²) in [6.07, 6.45) is 1.63. The molecule has 5 nitrogen and oxygen atoms in total. The number of hydrogen-bond acceptors (Lipinski definition) is 5. The lowest BCUT2D eigenvalue weighted by Crippen LogP contribution is -2.15. The number of aryl methyl sites for hydroxylation is 2. The van der Waals surface area contributed by atoms with E-state index in [0.717, 1.165) is 24.0 Å². The highest BCUT2D eigenvalue weighted by Gasteiger charge is 2.20. The SMILES string of the molecule is CCCc1cc2c(=O)c(-c3ccc4c(c3)OCCO4)c(C)oc2cc1OCc1c(Cl)cccc1Cl. The lowest BCUT2D eigenvalue weighted by Gasteiger charge is -2.19. The van der Waals surface area contributed by atoms with Crippen molar-refractivity contribution in [1.82, 2.24) is 0 Å². The third-order valence-electron chi connectivity index (χ3n) is 6.03. The van der Waals surface area contributed by atoms with E-state index in [0.29, 0.717) is 68.4 Å². The van der Waals surface area contributed by atoms with Gasteiger partial charge < -0.3 is 18.6 Å². The van der Waals surface area contributed by atoms with Crippen molar-refractivity contribution in [3.63, 3.8) is 0 Å². The van der Waals surface area contributed by atoms with Gasteiger partial charge in [-0.3, -0.25) is 4.79 Å². The normalized spacial score (nSPS) is 12.7. The van der Waals surface area contributed by atoms with Crippen LogP contribution in [0.15, 0.2) is 57.7 Å². The molecule has 0 radical (unpaired) electrons. The van der Waals surface area contributed by atoms with Crippen molar-refractivity contribution in [2.45, 2.75) is 33.3 Å². The summed E-state index contributed by atoms with van der Waals surface area (Å²) in [6, 6.07) is 14.5. The molecule has 180 valence electrons. The zero-order valence-electron chi connectivity index (χ0n) is 19.5. The van der Waals surface area contributed by atoms with E-state index < -0.39 is 0 Å². The molecule has 7 heteroatoms. The van der Waals surface area contributed by atoms with Crippen LogP contribution in [0.1, 0.15) is 30.2 Å². The molecule has 0 aliphatic carbocycles. The van der Waals surface area contributed by atoms with Gasteiger partial charge in [0.25, 0.3) is 0 Å². The van der Waals surface area contributed by atoms with Gasteiger partial charge in [-0.2, -0.15) is 0 Å². The molecule has 0 saturated heterocycles. The van der Waals surface area contributed by atoms with Crippen LogP contribution < -0.4 is 19.6 Å². The first-order valence-corrected chi connectivity index (χ1v) is 12.3. The fraction of sp³-hybridized carbons (Fsp3) is 0.250. The largest absolute Gasteiger partial charge is 0.488 e. The number of hydrogen-bond donors (Lipinski definition) is 0. The van der Waals surface area contributed by atoms with Gasteiger partial charge in [0.05, 0.1) is 10.9 Å². The molecule has 0 amide bonds. The fourth-order valence-corrected chi connectivity index (χ4v) is 4.84. The van der Waals surface area contributed by atoms with E-state index in [1.807, 2.05) is 24.3 Å². The van der Waals surface area contributed by atoms with Gasteiger partial charge in [0.15, 0.2) is 11.5 Å². The van der Waals surface area contributed by atoms with Crippen LogP contribution in [0, 0.1) is 6.92 Å². The summed E-state index contributed by atoms with van der Waals surface area (Å²) in [7, 11) is 0. The van der Waals surface area contributed by atoms with Gasteiger partial charge in [0.1, 0.15) is 36.9 Å². The monoisotopic (exact) mass is 510 g/mol. The van der Waals surface area contributed by atoms with Crippen molar-refractivity contribution in [3.8, 4) is 28.4 Å². The third-order valence-corrected chi connectivity index (χ3v) is 6.74. The summed E-state index contributed by atoms with van der Waals surface area (Å²) >= 11 is 12.6. The van der Waals surface area contributed by atoms with Crippen LogP contribution in [0.5, 0.6) is 17.2 Å². The van der Waals surface area contributed by atoms with Gasteiger partial charge in [-0.25, -0.2) is 0 Å². The maximum absolute atomic E-state index is 13.6. The van der Waals surface area contributed by atoms with Crippen molar-refractivity contribution in [1.29, 1.82) is 0 Å². The maximum Gasteiger partial charge on any atom is 0.200 e. The van der Waals surface area contributed by atoms with Gasteiger partial charge in [0.2, 0.25) is 5.43 Å². The summed E-state index contributed by atoms with van der Waals surface area (Å²) in [5, 5.41) is 1.59. The first kappa shape index (κ1) is 23.6. The van der Waals surface area contributed by atoms with Crippen LogP contribution in [0.25, 0.3) is 22.1 Å². The number of benzene rings is 3. The Kier molecular flexibility index (Phi) is 6.63. The van der Waals surface area contributed by atoms with E-state index in [1.54, 1.807) is 31.2 Å². The van der Waals surface area contributed by atoms with Gasteiger partial charge >= 0.3 is 0 Å². The molecule has 1 aromatic heterocycles. The predicted octanol–water partition coefficient (Wildman–Crippen LogP) is 7.38. The minimum atomic E-state index is -0.0986. The van der Waals surface area contributed by atoms with E-state index in [4.69, 9.17) is 41.8 Å². The molecule has 0 N–H and O–H groups in total. The van der Waals surface area contributed by atoms with Crippen molar-refractivity contribution in [3.05, 3.63) is 85.7 Å². The minimum Gasteiger partial charge on any atom is -0.488 e. The Morgan fingerprint density at radius 3 is 2.46 bits per heavy atom. The maximum atomic E-state index is 13.6. The van der Waals surface area contributed by atoms with Crippen LogP contribution in [0.2, 0.25) is 10.0 Å². The van der Waals surface area contributed by atoms with Gasteiger partial charge in [0, 0.05) is 21.7 Å². The molecule has 0 saturated carbocycles. The Morgan fingerprint density at radius 1 is 0.971 bits per heavy atom. The number of ether oxygens (including phenoxy) is 3. The molecule has 4 aromatic rings. The zero-order chi connectivity index (χ0) is 24.5.